The van der Waals surface area contributed by atoms with Gasteiger partial charge in [0.25, 0.3) is 5.91 Å². The maximum absolute atomic E-state index is 12.7. The van der Waals surface area contributed by atoms with Crippen LogP contribution in [-0.4, -0.2) is 10.5 Å². The lowest BCUT2D eigenvalue weighted by Gasteiger charge is -2.12. The molecule has 0 aliphatic carbocycles. The first-order valence-electron chi connectivity index (χ1n) is 5.78. The van der Waals surface area contributed by atoms with Crippen molar-refractivity contribution in [3.05, 3.63) is 46.2 Å². The number of aryl methyl sites for hydroxylation is 1. The zero-order valence-electron chi connectivity index (χ0n) is 10.8. The number of nitrogens with zero attached hydrogens (tertiary/aromatic N) is 1. The summed E-state index contributed by atoms with van der Waals surface area (Å²) in [6, 6.07) is 4.48. The minimum absolute atomic E-state index is 0.0367. The van der Waals surface area contributed by atoms with Crippen LogP contribution in [0.5, 0.6) is 0 Å². The molecule has 1 aromatic carbocycles. The van der Waals surface area contributed by atoms with Crippen LogP contribution in [0.25, 0.3) is 0 Å². The van der Waals surface area contributed by atoms with E-state index in [4.69, 9.17) is 5.73 Å². The van der Waals surface area contributed by atoms with Gasteiger partial charge in [0.1, 0.15) is 5.69 Å². The summed E-state index contributed by atoms with van der Waals surface area (Å²) in [5.74, 6) is -0.547. The molecule has 0 aliphatic heterocycles. The second-order valence-electron chi connectivity index (χ2n) is 4.42. The molecule has 0 spiro atoms. The molecule has 0 aliphatic rings. The lowest BCUT2D eigenvalue weighted by atomic mass is 10.2. The average molecular weight is 362 g/mol. The third-order valence-corrected chi connectivity index (χ3v) is 3.49. The number of amides is 1. The molecule has 0 saturated carbocycles. The first-order chi connectivity index (χ1) is 9.68. The van der Waals surface area contributed by atoms with Crippen LogP contribution in [0.3, 0.4) is 0 Å². The highest BCUT2D eigenvalue weighted by Gasteiger charge is 2.31. The molecule has 3 N–H and O–H groups in total. The van der Waals surface area contributed by atoms with E-state index < -0.39 is 17.6 Å². The van der Waals surface area contributed by atoms with Gasteiger partial charge in [-0.05, 0) is 40.2 Å². The number of alkyl halides is 3. The normalized spacial score (nSPS) is 11.5. The maximum atomic E-state index is 12.7. The van der Waals surface area contributed by atoms with Gasteiger partial charge in [0.2, 0.25) is 0 Å². The summed E-state index contributed by atoms with van der Waals surface area (Å²) in [7, 11) is 1.62. The number of aromatic nitrogens is 1. The van der Waals surface area contributed by atoms with E-state index in [2.05, 4.69) is 21.2 Å². The van der Waals surface area contributed by atoms with Crippen molar-refractivity contribution < 1.29 is 18.0 Å². The van der Waals surface area contributed by atoms with Crippen molar-refractivity contribution in [3.63, 3.8) is 0 Å². The monoisotopic (exact) mass is 361 g/mol. The molecule has 0 fully saturated rings. The molecule has 2 rings (SSSR count). The summed E-state index contributed by atoms with van der Waals surface area (Å²) in [4.78, 5) is 12.1. The Balaban J connectivity index is 2.31. The molecule has 0 bridgehead atoms. The van der Waals surface area contributed by atoms with E-state index in [1.54, 1.807) is 7.05 Å². The fraction of sp³-hybridized carbons (Fsp3) is 0.154. The Morgan fingerprint density at radius 3 is 2.52 bits per heavy atom. The molecule has 1 amide bonds. The number of nitrogen functional groups attached to an aromatic ring is 1. The van der Waals surface area contributed by atoms with Crippen molar-refractivity contribution in [3.8, 4) is 0 Å². The molecule has 21 heavy (non-hydrogen) atoms. The fourth-order valence-corrected chi connectivity index (χ4v) is 2.15. The summed E-state index contributed by atoms with van der Waals surface area (Å²) >= 11 is 3.11. The molecule has 2 aromatic rings. The van der Waals surface area contributed by atoms with E-state index in [9.17, 15) is 18.0 Å². The predicted molar refractivity (Wildman–Crippen MR) is 76.9 cm³/mol. The molecule has 0 saturated heterocycles. The van der Waals surface area contributed by atoms with Crippen LogP contribution in [0.4, 0.5) is 24.5 Å². The lowest BCUT2D eigenvalue weighted by Crippen LogP contribution is -2.16. The first-order valence-corrected chi connectivity index (χ1v) is 6.57. The van der Waals surface area contributed by atoms with Crippen molar-refractivity contribution in [2.75, 3.05) is 11.1 Å². The van der Waals surface area contributed by atoms with Gasteiger partial charge < -0.3 is 15.6 Å². The van der Waals surface area contributed by atoms with Crippen molar-refractivity contribution in [1.82, 2.24) is 4.57 Å². The lowest BCUT2D eigenvalue weighted by molar-refractivity contribution is -0.137. The molecule has 112 valence electrons. The number of hydrogen-bond donors (Lipinski definition) is 2. The maximum Gasteiger partial charge on any atom is 0.416 e. The summed E-state index contributed by atoms with van der Waals surface area (Å²) in [5.41, 5.74) is 5.40. The third-order valence-electron chi connectivity index (χ3n) is 2.80. The molecule has 8 heteroatoms. The largest absolute Gasteiger partial charge is 0.416 e. The highest BCUT2D eigenvalue weighted by molar-refractivity contribution is 9.10. The Morgan fingerprint density at radius 2 is 2.00 bits per heavy atom. The van der Waals surface area contributed by atoms with Gasteiger partial charge in [-0.3, -0.25) is 4.79 Å². The average Bonchev–Trinajstić information content (AvgIpc) is 2.70. The predicted octanol–water partition coefficient (Wildman–Crippen LogP) is 3.64. The Hall–Kier alpha value is -1.96. The number of nitrogens with one attached hydrogen (secondary N) is 1. The van der Waals surface area contributed by atoms with Gasteiger partial charge in [0, 0.05) is 17.7 Å². The van der Waals surface area contributed by atoms with E-state index >= 15 is 0 Å². The van der Waals surface area contributed by atoms with Crippen LogP contribution in [-0.2, 0) is 13.2 Å². The van der Waals surface area contributed by atoms with E-state index in [1.165, 1.54) is 22.9 Å². The van der Waals surface area contributed by atoms with E-state index in [0.29, 0.717) is 10.2 Å². The van der Waals surface area contributed by atoms with Crippen LogP contribution >= 0.6 is 15.9 Å². The number of benzene rings is 1. The van der Waals surface area contributed by atoms with Crippen molar-refractivity contribution in [2.45, 2.75) is 6.18 Å². The Morgan fingerprint density at radius 1 is 1.33 bits per heavy atom. The van der Waals surface area contributed by atoms with Gasteiger partial charge in [0.15, 0.2) is 0 Å². The number of carbonyl (C=O) groups is 1. The zero-order valence-corrected chi connectivity index (χ0v) is 12.4. The Kier molecular flexibility index (Phi) is 3.99. The van der Waals surface area contributed by atoms with Crippen LogP contribution in [0.15, 0.2) is 34.9 Å². The molecular weight excluding hydrogens is 351 g/mol. The Bertz CT molecular complexity index is 694. The number of rotatable bonds is 2. The molecule has 1 aromatic heterocycles. The molecule has 4 nitrogen and oxygen atoms in total. The fourth-order valence-electron chi connectivity index (χ4n) is 1.80. The number of nitrogens with two attached hydrogens (primary N) is 1. The molecule has 0 unspecified atom stereocenters. The molecule has 0 radical (unpaired) electrons. The van der Waals surface area contributed by atoms with Crippen molar-refractivity contribution >= 4 is 33.2 Å². The summed E-state index contributed by atoms with van der Waals surface area (Å²) in [5, 5.41) is 2.43. The third kappa shape index (κ3) is 3.38. The van der Waals surface area contributed by atoms with Crippen LogP contribution in [0, 0.1) is 0 Å². The minimum atomic E-state index is -4.48. The summed E-state index contributed by atoms with van der Waals surface area (Å²) in [6.07, 6.45) is -2.94. The second kappa shape index (κ2) is 5.44. The molecular formula is C13H11BrF3N3O. The second-order valence-corrected chi connectivity index (χ2v) is 5.27. The summed E-state index contributed by atoms with van der Waals surface area (Å²) < 4.78 is 39.9. The van der Waals surface area contributed by atoms with Gasteiger partial charge in [-0.25, -0.2) is 0 Å². The Labute approximate surface area is 126 Å². The van der Waals surface area contributed by atoms with Gasteiger partial charge in [-0.2, -0.15) is 13.2 Å². The quantitative estimate of drug-likeness (QED) is 0.857. The topological polar surface area (TPSA) is 60.0 Å². The molecule has 1 heterocycles. The van der Waals surface area contributed by atoms with Gasteiger partial charge in [-0.15, -0.1) is 0 Å². The molecule has 0 atom stereocenters. The highest BCUT2D eigenvalue weighted by Crippen LogP contribution is 2.34. The minimum Gasteiger partial charge on any atom is -0.397 e. The van der Waals surface area contributed by atoms with Crippen LogP contribution < -0.4 is 11.1 Å². The smallest absolute Gasteiger partial charge is 0.397 e. The van der Waals surface area contributed by atoms with Crippen LogP contribution in [0.2, 0.25) is 0 Å². The van der Waals surface area contributed by atoms with Crippen molar-refractivity contribution in [2.24, 2.45) is 7.05 Å². The zero-order chi connectivity index (χ0) is 15.8. The SMILES string of the molecule is Cn1cc(N)cc1C(=O)Nc1cc(C(F)(F)F)ccc1Br. The standard InChI is InChI=1S/C13H11BrF3N3O/c1-20-6-8(18)5-11(20)12(21)19-10-4-7(13(15,16)17)2-3-9(10)14/h2-6H,18H2,1H3,(H,19,21). The number of anilines is 2. The van der Waals surface area contributed by atoms with E-state index in [0.717, 1.165) is 12.1 Å². The van der Waals surface area contributed by atoms with E-state index in [1.807, 2.05) is 0 Å². The summed E-state index contributed by atoms with van der Waals surface area (Å²) in [6.45, 7) is 0. The van der Waals surface area contributed by atoms with Gasteiger partial charge in [0.05, 0.1) is 16.9 Å². The number of carbonyl (C=O) groups excluding carboxylic acids is 1. The first kappa shape index (κ1) is 15.4. The highest BCUT2D eigenvalue weighted by atomic mass is 79.9. The van der Waals surface area contributed by atoms with Gasteiger partial charge >= 0.3 is 6.18 Å². The van der Waals surface area contributed by atoms with Crippen LogP contribution in [0.1, 0.15) is 16.1 Å². The number of hydrogen-bond acceptors (Lipinski definition) is 2. The van der Waals surface area contributed by atoms with Crippen molar-refractivity contribution in [1.29, 1.82) is 0 Å². The van der Waals surface area contributed by atoms with Gasteiger partial charge in [-0.1, -0.05) is 0 Å². The van der Waals surface area contributed by atoms with E-state index in [-0.39, 0.29) is 11.4 Å². The number of halogens is 4.